The quantitative estimate of drug-likeness (QED) is 0.791. The van der Waals surface area contributed by atoms with E-state index in [4.69, 9.17) is 4.74 Å². The molecule has 1 saturated carbocycles. The number of halogens is 4. The number of benzene rings is 1. The second kappa shape index (κ2) is 5.57. The molecule has 0 aliphatic heterocycles. The summed E-state index contributed by atoms with van der Waals surface area (Å²) in [7, 11) is 0. The summed E-state index contributed by atoms with van der Waals surface area (Å²) < 4.78 is 55.7. The molecule has 1 aromatic rings. The van der Waals surface area contributed by atoms with Crippen LogP contribution in [0.25, 0.3) is 0 Å². The number of hydrogen-bond acceptors (Lipinski definition) is 3. The van der Waals surface area contributed by atoms with Crippen molar-refractivity contribution in [3.8, 4) is 5.75 Å². The molecule has 1 unspecified atom stereocenters. The highest BCUT2D eigenvalue weighted by atomic mass is 19.4. The summed E-state index contributed by atoms with van der Waals surface area (Å²) in [6.07, 6.45) is -5.31. The van der Waals surface area contributed by atoms with Gasteiger partial charge in [-0.1, -0.05) is 0 Å². The average molecular weight is 293 g/mol. The van der Waals surface area contributed by atoms with Crippen LogP contribution in [0.1, 0.15) is 12.8 Å². The first kappa shape index (κ1) is 15.1. The number of nitrogens with one attached hydrogen (secondary N) is 1. The number of rotatable bonds is 6. The molecule has 1 aliphatic carbocycles. The Kier molecular flexibility index (Phi) is 4.19. The Bertz CT molecular complexity index is 443. The molecule has 20 heavy (non-hydrogen) atoms. The number of ether oxygens (including phenoxy) is 1. The lowest BCUT2D eigenvalue weighted by molar-refractivity contribution is -0.166. The van der Waals surface area contributed by atoms with E-state index in [1.807, 2.05) is 0 Å². The van der Waals surface area contributed by atoms with Gasteiger partial charge in [-0.15, -0.1) is 0 Å². The van der Waals surface area contributed by atoms with Crippen LogP contribution < -0.4 is 10.1 Å². The predicted molar refractivity (Wildman–Crippen MR) is 63.9 cm³/mol. The highest BCUT2D eigenvalue weighted by molar-refractivity contribution is 5.22. The average Bonchev–Trinajstić information content (AvgIpc) is 3.16. The van der Waals surface area contributed by atoms with Crippen LogP contribution in [0.15, 0.2) is 24.3 Å². The number of β-amino-alcohol motifs (C(OH)–C–C–N with tert-alkyl or cyclic N) is 1. The van der Waals surface area contributed by atoms with Crippen molar-refractivity contribution in [3.05, 3.63) is 30.1 Å². The van der Waals surface area contributed by atoms with Crippen molar-refractivity contribution in [2.45, 2.75) is 30.7 Å². The first-order valence-corrected chi connectivity index (χ1v) is 6.21. The zero-order valence-electron chi connectivity index (χ0n) is 10.6. The zero-order valence-corrected chi connectivity index (χ0v) is 10.6. The third kappa shape index (κ3) is 3.61. The van der Waals surface area contributed by atoms with E-state index in [9.17, 15) is 22.7 Å². The number of aliphatic hydroxyl groups is 1. The van der Waals surface area contributed by atoms with E-state index in [-0.39, 0.29) is 26.0 Å². The van der Waals surface area contributed by atoms with Crippen molar-refractivity contribution in [1.82, 2.24) is 5.32 Å². The normalized spacial score (nSPS) is 18.6. The Labute approximate surface area is 113 Å². The molecule has 1 aliphatic rings. The summed E-state index contributed by atoms with van der Waals surface area (Å²) in [5, 5.41) is 11.9. The fourth-order valence-electron chi connectivity index (χ4n) is 1.78. The fraction of sp³-hybridized carbons (Fsp3) is 0.538. The van der Waals surface area contributed by atoms with Crippen LogP contribution in [0.5, 0.6) is 5.75 Å². The van der Waals surface area contributed by atoms with Crippen LogP contribution in [0, 0.1) is 5.82 Å². The van der Waals surface area contributed by atoms with Crippen molar-refractivity contribution < 1.29 is 27.4 Å². The number of aliphatic hydroxyl groups excluding tert-OH is 1. The van der Waals surface area contributed by atoms with Gasteiger partial charge in [-0.2, -0.15) is 13.2 Å². The van der Waals surface area contributed by atoms with Gasteiger partial charge in [0.05, 0.1) is 0 Å². The lowest BCUT2D eigenvalue weighted by atomic mass is 10.2. The van der Waals surface area contributed by atoms with Gasteiger partial charge in [-0.05, 0) is 37.1 Å². The maximum atomic E-state index is 12.6. The third-order valence-electron chi connectivity index (χ3n) is 3.22. The van der Waals surface area contributed by atoms with Gasteiger partial charge in [-0.25, -0.2) is 4.39 Å². The molecule has 0 saturated heterocycles. The second-order valence-corrected chi connectivity index (χ2v) is 4.88. The van der Waals surface area contributed by atoms with Crippen LogP contribution in [0.2, 0.25) is 0 Å². The summed E-state index contributed by atoms with van der Waals surface area (Å²) in [6, 6.07) is 5.16. The monoisotopic (exact) mass is 293 g/mol. The van der Waals surface area contributed by atoms with Gasteiger partial charge in [0, 0.05) is 6.54 Å². The summed E-state index contributed by atoms with van der Waals surface area (Å²) in [5.74, 6) is -0.0668. The Hall–Kier alpha value is -1.34. The summed E-state index contributed by atoms with van der Waals surface area (Å²) in [5.41, 5.74) is -1.84. The molecular formula is C13H15F4NO2. The minimum absolute atomic E-state index is 0.0298. The molecule has 0 bridgehead atoms. The van der Waals surface area contributed by atoms with Crippen LogP contribution in [0.3, 0.4) is 0 Å². The van der Waals surface area contributed by atoms with Gasteiger partial charge in [0.15, 0.2) is 0 Å². The fourth-order valence-corrected chi connectivity index (χ4v) is 1.78. The maximum Gasteiger partial charge on any atom is 0.406 e. The number of alkyl halides is 3. The van der Waals surface area contributed by atoms with E-state index in [2.05, 4.69) is 5.32 Å². The topological polar surface area (TPSA) is 41.5 Å². The van der Waals surface area contributed by atoms with Crippen molar-refractivity contribution in [2.75, 3.05) is 13.2 Å². The van der Waals surface area contributed by atoms with Crippen LogP contribution >= 0.6 is 0 Å². The highest BCUT2D eigenvalue weighted by Crippen LogP contribution is 2.48. The van der Waals surface area contributed by atoms with Gasteiger partial charge in [-0.3, -0.25) is 0 Å². The molecule has 1 aromatic carbocycles. The van der Waals surface area contributed by atoms with Crippen LogP contribution in [-0.4, -0.2) is 36.1 Å². The standard InChI is InChI=1S/C13H15F4NO2/c14-9-1-3-11(4-2-9)20-8-10(19)7-18-12(5-6-12)13(15,16)17/h1-4,10,18-19H,5-8H2. The lowest BCUT2D eigenvalue weighted by Gasteiger charge is -2.22. The first-order valence-electron chi connectivity index (χ1n) is 6.21. The molecule has 0 radical (unpaired) electrons. The number of hydrogen-bond donors (Lipinski definition) is 2. The molecule has 1 atom stereocenters. The molecule has 0 aromatic heterocycles. The summed E-state index contributed by atoms with van der Waals surface area (Å²) in [4.78, 5) is 0. The first-order chi connectivity index (χ1) is 9.32. The van der Waals surface area contributed by atoms with Gasteiger partial charge in [0.2, 0.25) is 0 Å². The highest BCUT2D eigenvalue weighted by Gasteiger charge is 2.63. The van der Waals surface area contributed by atoms with E-state index in [1.165, 1.54) is 24.3 Å². The van der Waals surface area contributed by atoms with Gasteiger partial charge in [0.25, 0.3) is 0 Å². The van der Waals surface area contributed by atoms with Gasteiger partial charge < -0.3 is 15.2 Å². The molecule has 0 amide bonds. The Morgan fingerprint density at radius 3 is 2.35 bits per heavy atom. The van der Waals surface area contributed by atoms with E-state index >= 15 is 0 Å². The molecule has 0 heterocycles. The molecule has 2 rings (SSSR count). The molecule has 7 heteroatoms. The second-order valence-electron chi connectivity index (χ2n) is 4.88. The van der Waals surface area contributed by atoms with Crippen molar-refractivity contribution >= 4 is 0 Å². The predicted octanol–water partition coefficient (Wildman–Crippen LogP) is 2.25. The zero-order chi connectivity index (χ0) is 14.8. The summed E-state index contributed by atoms with van der Waals surface area (Å²) >= 11 is 0. The molecular weight excluding hydrogens is 278 g/mol. The van der Waals surface area contributed by atoms with Crippen molar-refractivity contribution in [3.63, 3.8) is 0 Å². The maximum absolute atomic E-state index is 12.6. The van der Waals surface area contributed by atoms with Crippen LogP contribution in [-0.2, 0) is 0 Å². The Morgan fingerprint density at radius 2 is 1.85 bits per heavy atom. The van der Waals surface area contributed by atoms with Crippen molar-refractivity contribution in [2.24, 2.45) is 0 Å². The molecule has 112 valence electrons. The SMILES string of the molecule is OC(CNC1(C(F)(F)F)CC1)COc1ccc(F)cc1. The van der Waals surface area contributed by atoms with Gasteiger partial charge >= 0.3 is 6.18 Å². The van der Waals surface area contributed by atoms with Gasteiger partial charge in [0.1, 0.15) is 29.8 Å². The van der Waals surface area contributed by atoms with E-state index in [1.54, 1.807) is 0 Å². The van der Waals surface area contributed by atoms with Crippen molar-refractivity contribution in [1.29, 1.82) is 0 Å². The smallest absolute Gasteiger partial charge is 0.406 e. The minimum atomic E-state index is -4.30. The van der Waals surface area contributed by atoms with E-state index < -0.39 is 23.6 Å². The molecule has 1 fully saturated rings. The summed E-state index contributed by atoms with van der Waals surface area (Å²) in [6.45, 7) is -0.368. The molecule has 0 spiro atoms. The van der Waals surface area contributed by atoms with Crippen LogP contribution in [0.4, 0.5) is 17.6 Å². The minimum Gasteiger partial charge on any atom is -0.491 e. The third-order valence-corrected chi connectivity index (χ3v) is 3.22. The molecule has 3 nitrogen and oxygen atoms in total. The van der Waals surface area contributed by atoms with E-state index in [0.717, 1.165) is 0 Å². The Balaban J connectivity index is 1.73. The Morgan fingerprint density at radius 1 is 1.25 bits per heavy atom. The largest absolute Gasteiger partial charge is 0.491 e. The van der Waals surface area contributed by atoms with E-state index in [0.29, 0.717) is 5.75 Å². The molecule has 2 N–H and O–H groups in total. The lowest BCUT2D eigenvalue weighted by Crippen LogP contribution is -2.48.